The fourth-order valence-electron chi connectivity index (χ4n) is 1.88. The number of aromatic amines is 1. The van der Waals surface area contributed by atoms with E-state index in [0.29, 0.717) is 10.8 Å². The zero-order valence-corrected chi connectivity index (χ0v) is 12.3. The third kappa shape index (κ3) is 1.74. The number of hydrogen-bond donors (Lipinski definition) is 2. The number of nitrogen functional groups attached to an aromatic ring is 1. The van der Waals surface area contributed by atoms with Crippen LogP contribution in [0.3, 0.4) is 0 Å². The molecule has 3 rings (SSSR count). The Morgan fingerprint density at radius 2 is 1.94 bits per heavy atom. The van der Waals surface area contributed by atoms with Crippen molar-refractivity contribution in [2.45, 2.75) is 27.7 Å². The van der Waals surface area contributed by atoms with Crippen molar-refractivity contribution in [3.8, 4) is 0 Å². The van der Waals surface area contributed by atoms with Crippen molar-refractivity contribution in [2.75, 3.05) is 5.73 Å². The number of rotatable bonds is 0. The summed E-state index contributed by atoms with van der Waals surface area (Å²) in [6, 6.07) is 0. The molecule has 0 aliphatic heterocycles. The molecule has 3 aromatic heterocycles. The van der Waals surface area contributed by atoms with E-state index in [1.54, 1.807) is 11.3 Å². The van der Waals surface area contributed by atoms with Crippen LogP contribution in [0.4, 0.5) is 5.82 Å². The summed E-state index contributed by atoms with van der Waals surface area (Å²) < 4.78 is 0.951. The number of thiophene rings is 1. The molecule has 0 spiro atoms. The maximum absolute atomic E-state index is 6.20. The topological polar surface area (TPSA) is 67.6 Å². The van der Waals surface area contributed by atoms with Crippen molar-refractivity contribution >= 4 is 49.2 Å². The maximum Gasteiger partial charge on any atom is 0.163 e. The van der Waals surface area contributed by atoms with E-state index >= 15 is 0 Å². The molecular weight excluding hydrogens is 268 g/mol. The summed E-state index contributed by atoms with van der Waals surface area (Å²) in [7, 11) is 0. The number of halogens is 1. The lowest BCUT2D eigenvalue weighted by Gasteiger charge is -2.02. The van der Waals surface area contributed by atoms with Crippen LogP contribution >= 0.6 is 22.9 Å². The number of nitrogens with zero attached hydrogens (tertiary/aromatic N) is 2. The number of hydrogen-bond acceptors (Lipinski definition) is 4. The quantitative estimate of drug-likeness (QED) is 0.653. The van der Waals surface area contributed by atoms with Crippen LogP contribution in [0.15, 0.2) is 0 Å². The van der Waals surface area contributed by atoms with Gasteiger partial charge in [-0.3, -0.25) is 5.10 Å². The van der Waals surface area contributed by atoms with Gasteiger partial charge in [-0.25, -0.2) is 4.98 Å². The Labute approximate surface area is 114 Å². The van der Waals surface area contributed by atoms with Gasteiger partial charge in [0.25, 0.3) is 0 Å². The highest BCUT2D eigenvalue weighted by Crippen LogP contribution is 2.38. The summed E-state index contributed by atoms with van der Waals surface area (Å²) in [5, 5.41) is 8.66. The van der Waals surface area contributed by atoms with Gasteiger partial charge in [-0.15, -0.1) is 11.3 Å². The summed E-state index contributed by atoms with van der Waals surface area (Å²) in [6.45, 7) is 7.90. The van der Waals surface area contributed by atoms with E-state index in [0.717, 1.165) is 31.7 Å². The Hall–Kier alpha value is -1.33. The minimum absolute atomic E-state index is 0.520. The molecule has 0 fully saturated rings. The SMILES string of the molecule is CC.Cc1nc2sc3c(N)n[nH]c3c2c(C)c1Cl. The summed E-state index contributed by atoms with van der Waals surface area (Å²) in [5.74, 6) is 0.520. The van der Waals surface area contributed by atoms with Crippen LogP contribution in [0.1, 0.15) is 25.1 Å². The van der Waals surface area contributed by atoms with E-state index in [1.165, 1.54) is 0 Å². The van der Waals surface area contributed by atoms with Crippen LogP contribution < -0.4 is 5.73 Å². The fourth-order valence-corrected chi connectivity index (χ4v) is 3.15. The highest BCUT2D eigenvalue weighted by Gasteiger charge is 2.16. The normalized spacial score (nSPS) is 10.7. The van der Waals surface area contributed by atoms with Gasteiger partial charge in [0, 0.05) is 5.39 Å². The predicted molar refractivity (Wildman–Crippen MR) is 79.5 cm³/mol. The zero-order valence-electron chi connectivity index (χ0n) is 10.8. The maximum atomic E-state index is 6.20. The second-order valence-electron chi connectivity index (χ2n) is 3.73. The molecule has 18 heavy (non-hydrogen) atoms. The van der Waals surface area contributed by atoms with E-state index in [-0.39, 0.29) is 0 Å². The van der Waals surface area contributed by atoms with Gasteiger partial charge in [-0.05, 0) is 19.4 Å². The van der Waals surface area contributed by atoms with Crippen molar-refractivity contribution < 1.29 is 0 Å². The molecule has 0 aliphatic rings. The molecule has 0 atom stereocenters. The molecule has 6 heteroatoms. The largest absolute Gasteiger partial charge is 0.381 e. The standard InChI is InChI=1S/C10H9ClN4S.C2H6/c1-3-5-7-8(9(12)15-14-7)16-10(5)13-4(2)6(3)11;1-2/h1-2H3,(H3,12,14,15);1-2H3. The Morgan fingerprint density at radius 1 is 1.28 bits per heavy atom. The van der Waals surface area contributed by atoms with Crippen LogP contribution in [0.2, 0.25) is 5.02 Å². The molecule has 0 saturated heterocycles. The Morgan fingerprint density at radius 3 is 2.61 bits per heavy atom. The fraction of sp³-hybridized carbons (Fsp3) is 0.333. The van der Waals surface area contributed by atoms with E-state index in [9.17, 15) is 0 Å². The van der Waals surface area contributed by atoms with E-state index in [2.05, 4.69) is 15.2 Å². The molecule has 3 aromatic rings. The number of aryl methyl sites for hydroxylation is 2. The Kier molecular flexibility index (Phi) is 3.45. The molecule has 0 saturated carbocycles. The van der Waals surface area contributed by atoms with Gasteiger partial charge in [0.15, 0.2) is 5.82 Å². The Bertz CT molecular complexity index is 714. The molecule has 0 aliphatic carbocycles. The van der Waals surface area contributed by atoms with Gasteiger partial charge in [-0.2, -0.15) is 5.10 Å². The number of anilines is 1. The molecule has 0 bridgehead atoms. The van der Waals surface area contributed by atoms with Gasteiger partial charge in [0.2, 0.25) is 0 Å². The molecule has 3 heterocycles. The first-order valence-corrected chi connectivity index (χ1v) is 6.97. The summed E-state index contributed by atoms with van der Waals surface area (Å²) in [6.07, 6.45) is 0. The second kappa shape index (κ2) is 4.74. The van der Waals surface area contributed by atoms with Crippen LogP contribution in [-0.2, 0) is 0 Å². The number of fused-ring (bicyclic) bond motifs is 3. The number of H-pyrrole nitrogens is 1. The lowest BCUT2D eigenvalue weighted by molar-refractivity contribution is 1.13. The monoisotopic (exact) mass is 282 g/mol. The summed E-state index contributed by atoms with van der Waals surface area (Å²) >= 11 is 7.74. The minimum Gasteiger partial charge on any atom is -0.381 e. The summed E-state index contributed by atoms with van der Waals surface area (Å²) in [4.78, 5) is 5.42. The first-order valence-electron chi connectivity index (χ1n) is 5.78. The number of pyridine rings is 1. The van der Waals surface area contributed by atoms with Gasteiger partial charge < -0.3 is 5.73 Å². The lowest BCUT2D eigenvalue weighted by atomic mass is 10.1. The molecule has 96 valence electrons. The van der Waals surface area contributed by atoms with Crippen molar-refractivity contribution in [3.63, 3.8) is 0 Å². The average Bonchev–Trinajstić information content (AvgIpc) is 2.89. The van der Waals surface area contributed by atoms with Crippen LogP contribution in [0.25, 0.3) is 20.4 Å². The lowest BCUT2D eigenvalue weighted by Crippen LogP contribution is -1.87. The molecular formula is C12H15ClN4S. The van der Waals surface area contributed by atoms with Gasteiger partial charge in [0.05, 0.1) is 20.9 Å². The van der Waals surface area contributed by atoms with E-state index in [4.69, 9.17) is 17.3 Å². The summed E-state index contributed by atoms with van der Waals surface area (Å²) in [5.41, 5.74) is 8.58. The number of aromatic nitrogens is 3. The number of nitrogens with two attached hydrogens (primary N) is 1. The number of nitrogens with one attached hydrogen (secondary N) is 1. The third-order valence-corrected chi connectivity index (χ3v) is 4.36. The van der Waals surface area contributed by atoms with Crippen molar-refractivity contribution in [2.24, 2.45) is 0 Å². The van der Waals surface area contributed by atoms with Gasteiger partial charge in [0.1, 0.15) is 4.83 Å². The predicted octanol–water partition coefficient (Wildman–Crippen LogP) is 4.05. The molecule has 0 radical (unpaired) electrons. The molecule has 3 N–H and O–H groups in total. The van der Waals surface area contributed by atoms with Crippen LogP contribution in [0.5, 0.6) is 0 Å². The Balaban J connectivity index is 0.000000574. The molecule has 0 amide bonds. The van der Waals surface area contributed by atoms with Gasteiger partial charge >= 0.3 is 0 Å². The second-order valence-corrected chi connectivity index (χ2v) is 5.11. The minimum atomic E-state index is 0.520. The highest BCUT2D eigenvalue weighted by molar-refractivity contribution is 7.26. The first kappa shape index (κ1) is 13.1. The van der Waals surface area contributed by atoms with Crippen molar-refractivity contribution in [1.82, 2.24) is 15.2 Å². The first-order chi connectivity index (χ1) is 8.59. The molecule has 0 aromatic carbocycles. The third-order valence-electron chi connectivity index (χ3n) is 2.70. The highest BCUT2D eigenvalue weighted by atomic mass is 35.5. The zero-order chi connectivity index (χ0) is 13.4. The van der Waals surface area contributed by atoms with Crippen LogP contribution in [0, 0.1) is 13.8 Å². The van der Waals surface area contributed by atoms with Crippen molar-refractivity contribution in [3.05, 3.63) is 16.3 Å². The van der Waals surface area contributed by atoms with Crippen LogP contribution in [-0.4, -0.2) is 15.2 Å². The smallest absolute Gasteiger partial charge is 0.163 e. The average molecular weight is 283 g/mol. The van der Waals surface area contributed by atoms with E-state index in [1.807, 2.05) is 27.7 Å². The molecule has 4 nitrogen and oxygen atoms in total. The molecule has 0 unspecified atom stereocenters. The van der Waals surface area contributed by atoms with Crippen molar-refractivity contribution in [1.29, 1.82) is 0 Å². The van der Waals surface area contributed by atoms with Gasteiger partial charge in [-0.1, -0.05) is 25.4 Å². The van der Waals surface area contributed by atoms with E-state index < -0.39 is 0 Å².